The number of benzene rings is 2. The number of hydrogen-bond donors (Lipinski definition) is 1. The van der Waals surface area contributed by atoms with Crippen molar-refractivity contribution in [3.8, 4) is 11.5 Å². The molecule has 0 aromatic heterocycles. The van der Waals surface area contributed by atoms with E-state index in [-0.39, 0.29) is 11.9 Å². The number of esters is 1. The number of ether oxygens (including phenoxy) is 3. The Hall–Kier alpha value is -3.02. The van der Waals surface area contributed by atoms with E-state index in [1.165, 1.54) is 0 Å². The van der Waals surface area contributed by atoms with E-state index in [1.54, 1.807) is 30.3 Å². The molecule has 30 heavy (non-hydrogen) atoms. The van der Waals surface area contributed by atoms with Crippen molar-refractivity contribution in [1.82, 2.24) is 5.32 Å². The van der Waals surface area contributed by atoms with Crippen LogP contribution >= 0.6 is 0 Å². The van der Waals surface area contributed by atoms with E-state index in [0.29, 0.717) is 35.8 Å². The minimum absolute atomic E-state index is 0.173. The first-order valence-electron chi connectivity index (χ1n) is 10.6. The summed E-state index contributed by atoms with van der Waals surface area (Å²) in [7, 11) is 0. The average Bonchev–Trinajstić information content (AvgIpc) is 3.57. The highest BCUT2D eigenvalue weighted by Gasteiger charge is 2.31. The molecular weight excluding hydrogens is 382 g/mol. The molecule has 0 aliphatic heterocycles. The zero-order valence-corrected chi connectivity index (χ0v) is 17.6. The van der Waals surface area contributed by atoms with Gasteiger partial charge in [0.25, 0.3) is 5.91 Å². The summed E-state index contributed by atoms with van der Waals surface area (Å²) in [5, 5.41) is 2.92. The summed E-state index contributed by atoms with van der Waals surface area (Å²) in [5.74, 6) is 0.187. The summed E-state index contributed by atoms with van der Waals surface area (Å²) in [6.07, 6.45) is 2.87. The van der Waals surface area contributed by atoms with Gasteiger partial charge in [-0.3, -0.25) is 4.79 Å². The monoisotopic (exact) mass is 411 g/mol. The number of carbonyl (C=O) groups excluding carboxylic acids is 2. The van der Waals surface area contributed by atoms with Crippen LogP contribution in [0.15, 0.2) is 48.5 Å². The van der Waals surface area contributed by atoms with E-state index in [4.69, 9.17) is 14.2 Å². The molecule has 1 N–H and O–H groups in total. The van der Waals surface area contributed by atoms with Crippen molar-refractivity contribution in [1.29, 1.82) is 0 Å². The highest BCUT2D eigenvalue weighted by molar-refractivity contribution is 5.93. The minimum atomic E-state index is -1.00. The zero-order valence-electron chi connectivity index (χ0n) is 17.6. The summed E-state index contributed by atoms with van der Waals surface area (Å²) < 4.78 is 17.0. The van der Waals surface area contributed by atoms with Gasteiger partial charge in [-0.25, -0.2) is 4.79 Å². The smallest absolute Gasteiger partial charge is 0.339 e. The fourth-order valence-corrected chi connectivity index (χ4v) is 2.93. The third-order valence-electron chi connectivity index (χ3n) is 4.72. The molecule has 1 fully saturated rings. The van der Waals surface area contributed by atoms with Gasteiger partial charge >= 0.3 is 5.97 Å². The molecule has 160 valence electrons. The number of rotatable bonds is 11. The van der Waals surface area contributed by atoms with Gasteiger partial charge < -0.3 is 19.5 Å². The molecule has 1 unspecified atom stereocenters. The summed E-state index contributed by atoms with van der Waals surface area (Å²) in [5.41, 5.74) is 0.940. The second-order valence-electron chi connectivity index (χ2n) is 7.28. The van der Waals surface area contributed by atoms with Crippen LogP contribution in [0.2, 0.25) is 0 Å². The fraction of sp³-hybridized carbons (Fsp3) is 0.417. The molecule has 1 saturated carbocycles. The van der Waals surface area contributed by atoms with Crippen molar-refractivity contribution in [2.45, 2.75) is 51.7 Å². The van der Waals surface area contributed by atoms with Crippen molar-refractivity contribution in [2.24, 2.45) is 0 Å². The second kappa shape index (κ2) is 10.7. The molecule has 1 amide bonds. The Kier molecular flexibility index (Phi) is 7.71. The molecule has 6 heteroatoms. The fourth-order valence-electron chi connectivity index (χ4n) is 2.93. The lowest BCUT2D eigenvalue weighted by molar-refractivity contribution is -0.130. The van der Waals surface area contributed by atoms with E-state index in [2.05, 4.69) is 12.2 Å². The molecule has 1 aliphatic rings. The van der Waals surface area contributed by atoms with Crippen LogP contribution in [0.3, 0.4) is 0 Å². The molecule has 2 aromatic carbocycles. The first-order valence-corrected chi connectivity index (χ1v) is 10.6. The molecule has 1 atom stereocenters. The van der Waals surface area contributed by atoms with Crippen molar-refractivity contribution in [3.05, 3.63) is 59.7 Å². The van der Waals surface area contributed by atoms with Gasteiger partial charge in [-0.15, -0.1) is 0 Å². The minimum Gasteiger partial charge on any atom is -0.490 e. The predicted molar refractivity (Wildman–Crippen MR) is 114 cm³/mol. The van der Waals surface area contributed by atoms with Crippen molar-refractivity contribution in [3.63, 3.8) is 0 Å². The average molecular weight is 411 g/mol. The van der Waals surface area contributed by atoms with Crippen LogP contribution < -0.4 is 14.8 Å². The molecule has 0 spiro atoms. The number of hydrogen-bond acceptors (Lipinski definition) is 5. The van der Waals surface area contributed by atoms with Gasteiger partial charge in [0.15, 0.2) is 11.5 Å². The molecule has 0 heterocycles. The van der Waals surface area contributed by atoms with E-state index in [1.807, 2.05) is 25.1 Å². The Morgan fingerprint density at radius 2 is 1.80 bits per heavy atom. The van der Waals surface area contributed by atoms with Gasteiger partial charge in [-0.2, -0.15) is 0 Å². The topological polar surface area (TPSA) is 73.9 Å². The molecule has 6 nitrogen and oxygen atoms in total. The van der Waals surface area contributed by atoms with Crippen molar-refractivity contribution < 1.29 is 23.8 Å². The van der Waals surface area contributed by atoms with Gasteiger partial charge in [0.1, 0.15) is 0 Å². The lowest BCUT2D eigenvalue weighted by Gasteiger charge is -2.19. The summed E-state index contributed by atoms with van der Waals surface area (Å²) >= 11 is 0. The maximum absolute atomic E-state index is 12.9. The molecule has 2 aromatic rings. The third kappa shape index (κ3) is 5.99. The Labute approximate surface area is 177 Å². The maximum Gasteiger partial charge on any atom is 0.339 e. The Morgan fingerprint density at radius 1 is 1.03 bits per heavy atom. The SMILES string of the molecule is CCCCOc1ccc(C(=O)OC(C(=O)NC2CC2)c2ccccc2)cc1OCC. The Balaban J connectivity index is 1.77. The number of amides is 1. The predicted octanol–water partition coefficient (Wildman–Crippen LogP) is 4.44. The van der Waals surface area contributed by atoms with Crippen LogP contribution in [0, 0.1) is 0 Å². The third-order valence-corrected chi connectivity index (χ3v) is 4.72. The van der Waals surface area contributed by atoms with E-state index in [9.17, 15) is 9.59 Å². The molecule has 0 bridgehead atoms. The van der Waals surface area contributed by atoms with Gasteiger partial charge in [-0.1, -0.05) is 43.7 Å². The normalized spacial score (nSPS) is 13.9. The van der Waals surface area contributed by atoms with Crippen LogP contribution in [0.1, 0.15) is 61.6 Å². The van der Waals surface area contributed by atoms with Crippen LogP contribution in [0.5, 0.6) is 11.5 Å². The van der Waals surface area contributed by atoms with Gasteiger partial charge in [0.2, 0.25) is 6.10 Å². The number of nitrogens with one attached hydrogen (secondary N) is 1. The quantitative estimate of drug-likeness (QED) is 0.437. The van der Waals surface area contributed by atoms with Crippen molar-refractivity contribution >= 4 is 11.9 Å². The molecular formula is C24H29NO5. The van der Waals surface area contributed by atoms with E-state index >= 15 is 0 Å². The standard InChI is InChI=1S/C24H29NO5/c1-3-5-15-29-20-14-11-18(16-21(20)28-4-2)24(27)30-22(17-9-7-6-8-10-17)23(26)25-19-12-13-19/h6-11,14,16,19,22H,3-5,12-13,15H2,1-2H3,(H,25,26). The number of carbonyl (C=O) groups is 2. The largest absolute Gasteiger partial charge is 0.490 e. The zero-order chi connectivity index (χ0) is 21.3. The van der Waals surface area contributed by atoms with E-state index in [0.717, 1.165) is 25.7 Å². The van der Waals surface area contributed by atoms with Gasteiger partial charge in [-0.05, 0) is 44.4 Å². The molecule has 0 radical (unpaired) electrons. The summed E-state index contributed by atoms with van der Waals surface area (Å²) in [6, 6.07) is 14.2. The van der Waals surface area contributed by atoms with Gasteiger partial charge in [0, 0.05) is 11.6 Å². The summed E-state index contributed by atoms with van der Waals surface area (Å²) in [4.78, 5) is 25.6. The Bertz CT molecular complexity index is 848. The maximum atomic E-state index is 12.9. The highest BCUT2D eigenvalue weighted by Crippen LogP contribution is 2.30. The second-order valence-corrected chi connectivity index (χ2v) is 7.28. The van der Waals surface area contributed by atoms with Crippen LogP contribution in [0.4, 0.5) is 0 Å². The first kappa shape index (κ1) is 21.7. The van der Waals surface area contributed by atoms with Gasteiger partial charge in [0.05, 0.1) is 18.8 Å². The first-order chi connectivity index (χ1) is 14.6. The summed E-state index contributed by atoms with van der Waals surface area (Å²) in [6.45, 7) is 4.99. The van der Waals surface area contributed by atoms with Crippen molar-refractivity contribution in [2.75, 3.05) is 13.2 Å². The Morgan fingerprint density at radius 3 is 2.47 bits per heavy atom. The van der Waals surface area contributed by atoms with Crippen LogP contribution in [-0.4, -0.2) is 31.1 Å². The molecule has 3 rings (SSSR count). The number of unbranched alkanes of at least 4 members (excludes halogenated alkanes) is 1. The highest BCUT2D eigenvalue weighted by atomic mass is 16.5. The lowest BCUT2D eigenvalue weighted by atomic mass is 10.1. The van der Waals surface area contributed by atoms with E-state index < -0.39 is 12.1 Å². The van der Waals surface area contributed by atoms with Crippen LogP contribution in [-0.2, 0) is 9.53 Å². The lowest BCUT2D eigenvalue weighted by Crippen LogP contribution is -2.33. The molecule has 0 saturated heterocycles. The molecule has 1 aliphatic carbocycles. The van der Waals surface area contributed by atoms with Crippen LogP contribution in [0.25, 0.3) is 0 Å².